The maximum atomic E-state index is 4.52. The van der Waals surface area contributed by atoms with Crippen LogP contribution in [0.2, 0.25) is 0 Å². The second kappa shape index (κ2) is 6.33. The summed E-state index contributed by atoms with van der Waals surface area (Å²) in [5.74, 6) is 0. The Balaban J connectivity index is 1.95. The molecule has 0 saturated carbocycles. The number of aromatic nitrogens is 2. The van der Waals surface area contributed by atoms with E-state index in [1.807, 2.05) is 13.1 Å². The summed E-state index contributed by atoms with van der Waals surface area (Å²) in [6.45, 7) is 2.18. The predicted octanol–water partition coefficient (Wildman–Crippen LogP) is 3.76. The van der Waals surface area contributed by atoms with Crippen molar-refractivity contribution in [2.45, 2.75) is 25.8 Å². The third-order valence-electron chi connectivity index (χ3n) is 3.76. The SMILES string of the molecule is CCc1cc2c(CC(NC)c3ccccc3)ncnc2s1. The van der Waals surface area contributed by atoms with Crippen LogP contribution in [0.5, 0.6) is 0 Å². The van der Waals surface area contributed by atoms with E-state index in [0.717, 1.165) is 23.4 Å². The van der Waals surface area contributed by atoms with E-state index < -0.39 is 0 Å². The first-order valence-corrected chi connectivity index (χ1v) is 8.08. The normalized spacial score (nSPS) is 12.7. The predicted molar refractivity (Wildman–Crippen MR) is 88.7 cm³/mol. The number of likely N-dealkylation sites (N-methyl/N-ethyl adjacent to an activating group) is 1. The van der Waals surface area contributed by atoms with Crippen LogP contribution in [0.3, 0.4) is 0 Å². The molecule has 1 aromatic carbocycles. The van der Waals surface area contributed by atoms with Gasteiger partial charge in [-0.2, -0.15) is 0 Å². The molecular formula is C17H19N3S. The average molecular weight is 297 g/mol. The third kappa shape index (κ3) is 2.96. The van der Waals surface area contributed by atoms with E-state index >= 15 is 0 Å². The lowest BCUT2D eigenvalue weighted by molar-refractivity contribution is 0.586. The molecule has 2 aromatic heterocycles. The number of nitrogens with zero attached hydrogens (tertiary/aromatic N) is 2. The Bertz CT molecular complexity index is 721. The van der Waals surface area contributed by atoms with Gasteiger partial charge in [-0.1, -0.05) is 37.3 Å². The molecule has 0 saturated heterocycles. The van der Waals surface area contributed by atoms with E-state index in [0.29, 0.717) is 0 Å². The fraction of sp³-hybridized carbons (Fsp3) is 0.294. The van der Waals surface area contributed by atoms with Crippen molar-refractivity contribution in [2.24, 2.45) is 0 Å². The Kier molecular flexibility index (Phi) is 4.27. The van der Waals surface area contributed by atoms with E-state index in [9.17, 15) is 0 Å². The topological polar surface area (TPSA) is 37.8 Å². The van der Waals surface area contributed by atoms with Crippen LogP contribution in [0.25, 0.3) is 10.2 Å². The van der Waals surface area contributed by atoms with Crippen LogP contribution in [0, 0.1) is 0 Å². The second-order valence-electron chi connectivity index (χ2n) is 5.06. The van der Waals surface area contributed by atoms with Crippen molar-refractivity contribution in [3.8, 4) is 0 Å². The molecule has 0 amide bonds. The molecule has 3 aromatic rings. The Morgan fingerprint density at radius 3 is 2.71 bits per heavy atom. The minimum atomic E-state index is 0.272. The van der Waals surface area contributed by atoms with Gasteiger partial charge in [-0.25, -0.2) is 9.97 Å². The highest BCUT2D eigenvalue weighted by Gasteiger charge is 2.14. The van der Waals surface area contributed by atoms with Crippen molar-refractivity contribution >= 4 is 21.6 Å². The summed E-state index contributed by atoms with van der Waals surface area (Å²) in [6.07, 6.45) is 3.61. The van der Waals surface area contributed by atoms with Gasteiger partial charge in [-0.3, -0.25) is 0 Å². The van der Waals surface area contributed by atoms with E-state index in [-0.39, 0.29) is 6.04 Å². The molecule has 1 N–H and O–H groups in total. The molecule has 21 heavy (non-hydrogen) atoms. The summed E-state index contributed by atoms with van der Waals surface area (Å²) in [5.41, 5.74) is 2.41. The fourth-order valence-corrected chi connectivity index (χ4v) is 3.51. The van der Waals surface area contributed by atoms with Gasteiger partial charge in [0.15, 0.2) is 0 Å². The highest BCUT2D eigenvalue weighted by Crippen LogP contribution is 2.28. The Labute approximate surface area is 129 Å². The van der Waals surface area contributed by atoms with Crippen LogP contribution >= 0.6 is 11.3 Å². The minimum absolute atomic E-state index is 0.272. The molecule has 0 radical (unpaired) electrons. The van der Waals surface area contributed by atoms with Gasteiger partial charge in [0.2, 0.25) is 0 Å². The van der Waals surface area contributed by atoms with Crippen LogP contribution in [-0.2, 0) is 12.8 Å². The van der Waals surface area contributed by atoms with Gasteiger partial charge >= 0.3 is 0 Å². The monoisotopic (exact) mass is 297 g/mol. The second-order valence-corrected chi connectivity index (χ2v) is 6.18. The first kappa shape index (κ1) is 14.2. The molecule has 0 aliphatic carbocycles. The van der Waals surface area contributed by atoms with Crippen LogP contribution in [0.15, 0.2) is 42.7 Å². The summed E-state index contributed by atoms with van der Waals surface area (Å²) < 4.78 is 0. The summed E-state index contributed by atoms with van der Waals surface area (Å²) in [7, 11) is 2.00. The molecule has 108 valence electrons. The number of thiophene rings is 1. The molecule has 1 atom stereocenters. The fourth-order valence-electron chi connectivity index (χ4n) is 2.56. The quantitative estimate of drug-likeness (QED) is 0.779. The maximum Gasteiger partial charge on any atom is 0.127 e. The van der Waals surface area contributed by atoms with Crippen LogP contribution in [0.4, 0.5) is 0 Å². The van der Waals surface area contributed by atoms with Crippen LogP contribution < -0.4 is 5.32 Å². The smallest absolute Gasteiger partial charge is 0.127 e. The van der Waals surface area contributed by atoms with Crippen molar-refractivity contribution in [2.75, 3.05) is 7.05 Å². The molecule has 0 fully saturated rings. The standard InChI is InChI=1S/C17H19N3S/c1-3-13-9-14-16(19-11-20-17(14)21-13)10-15(18-2)12-7-5-4-6-8-12/h4-9,11,15,18H,3,10H2,1-2H3. The van der Waals surface area contributed by atoms with Crippen molar-refractivity contribution in [1.82, 2.24) is 15.3 Å². The van der Waals surface area contributed by atoms with Gasteiger partial charge in [0, 0.05) is 22.7 Å². The van der Waals surface area contributed by atoms with Crippen LogP contribution in [0.1, 0.15) is 29.1 Å². The zero-order valence-corrected chi connectivity index (χ0v) is 13.2. The zero-order valence-electron chi connectivity index (χ0n) is 12.3. The Morgan fingerprint density at radius 1 is 1.19 bits per heavy atom. The molecule has 2 heterocycles. The molecule has 4 heteroatoms. The van der Waals surface area contributed by atoms with Gasteiger partial charge in [-0.15, -0.1) is 11.3 Å². The molecule has 0 aliphatic rings. The Morgan fingerprint density at radius 2 is 2.00 bits per heavy atom. The average Bonchev–Trinajstić information content (AvgIpc) is 2.97. The van der Waals surface area contributed by atoms with Gasteiger partial charge in [0.1, 0.15) is 11.2 Å². The van der Waals surface area contributed by atoms with Crippen molar-refractivity contribution in [3.63, 3.8) is 0 Å². The minimum Gasteiger partial charge on any atom is -0.313 e. The summed E-state index contributed by atoms with van der Waals surface area (Å²) >= 11 is 1.77. The molecular weight excluding hydrogens is 278 g/mol. The Hall–Kier alpha value is -1.78. The number of nitrogens with one attached hydrogen (secondary N) is 1. The van der Waals surface area contributed by atoms with E-state index in [2.05, 4.69) is 52.5 Å². The van der Waals surface area contributed by atoms with Gasteiger partial charge in [-0.05, 0) is 25.1 Å². The number of aryl methyl sites for hydroxylation is 1. The first-order valence-electron chi connectivity index (χ1n) is 7.26. The lowest BCUT2D eigenvalue weighted by Crippen LogP contribution is -2.19. The molecule has 3 nitrogen and oxygen atoms in total. The van der Waals surface area contributed by atoms with Gasteiger partial charge in [0.25, 0.3) is 0 Å². The number of benzene rings is 1. The largest absolute Gasteiger partial charge is 0.313 e. The van der Waals surface area contributed by atoms with Crippen LogP contribution in [-0.4, -0.2) is 17.0 Å². The van der Waals surface area contributed by atoms with Crippen molar-refractivity contribution < 1.29 is 0 Å². The molecule has 0 bridgehead atoms. The summed E-state index contributed by atoms with van der Waals surface area (Å²) in [6, 6.07) is 13.0. The molecule has 1 unspecified atom stereocenters. The van der Waals surface area contributed by atoms with E-state index in [1.165, 1.54) is 15.8 Å². The zero-order chi connectivity index (χ0) is 14.7. The number of fused-ring (bicyclic) bond motifs is 1. The van der Waals surface area contributed by atoms with Gasteiger partial charge in [0.05, 0.1) is 5.69 Å². The maximum absolute atomic E-state index is 4.52. The van der Waals surface area contributed by atoms with Crippen molar-refractivity contribution in [1.29, 1.82) is 0 Å². The van der Waals surface area contributed by atoms with Crippen molar-refractivity contribution in [3.05, 3.63) is 58.9 Å². The third-order valence-corrected chi connectivity index (χ3v) is 4.95. The summed E-state index contributed by atoms with van der Waals surface area (Å²) in [5, 5.41) is 4.60. The lowest BCUT2D eigenvalue weighted by atomic mass is 10.0. The number of rotatable bonds is 5. The van der Waals surface area contributed by atoms with E-state index in [1.54, 1.807) is 17.7 Å². The summed E-state index contributed by atoms with van der Waals surface area (Å²) in [4.78, 5) is 11.4. The number of hydrogen-bond acceptors (Lipinski definition) is 4. The number of hydrogen-bond donors (Lipinski definition) is 1. The van der Waals surface area contributed by atoms with E-state index in [4.69, 9.17) is 0 Å². The van der Waals surface area contributed by atoms with Gasteiger partial charge < -0.3 is 5.32 Å². The first-order chi connectivity index (χ1) is 10.3. The lowest BCUT2D eigenvalue weighted by Gasteiger charge is -2.16. The highest BCUT2D eigenvalue weighted by atomic mass is 32.1. The molecule has 0 aliphatic heterocycles. The highest BCUT2D eigenvalue weighted by molar-refractivity contribution is 7.18. The molecule has 0 spiro atoms. The molecule has 3 rings (SSSR count).